The van der Waals surface area contributed by atoms with Crippen LogP contribution in [0.4, 0.5) is 5.69 Å². The minimum atomic E-state index is -0.639. The summed E-state index contributed by atoms with van der Waals surface area (Å²) in [7, 11) is 0. The number of pyridine rings is 1. The number of unbranched alkanes of at least 4 members (excludes halogenated alkanes) is 1. The van der Waals surface area contributed by atoms with E-state index in [-0.39, 0.29) is 18.3 Å². The third kappa shape index (κ3) is 7.01. The smallest absolute Gasteiger partial charge is 0.312 e. The molecular formula is C29H35Cl2N3O4. The van der Waals surface area contributed by atoms with Crippen LogP contribution in [-0.2, 0) is 16.3 Å². The standard InChI is InChI=1S/C29H35Cl2N3O4/c1-29(2,3)28(36)38-20-34-25-19-22(11-9-21(25)10-12-26(34)35)37-18-5-4-13-32-14-16-33(17-15-32)24-8-6-7-23(30)27(24)31/h6-12,19H,4-5,13-18,20H2,1-3H3. The molecule has 1 fully saturated rings. The quantitative estimate of drug-likeness (QED) is 0.242. The molecule has 3 aromatic rings. The maximum atomic E-state index is 12.5. The lowest BCUT2D eigenvalue weighted by atomic mass is 9.98. The Morgan fingerprint density at radius 1 is 0.974 bits per heavy atom. The van der Waals surface area contributed by atoms with Gasteiger partial charge < -0.3 is 14.4 Å². The van der Waals surface area contributed by atoms with Gasteiger partial charge in [0.15, 0.2) is 6.73 Å². The van der Waals surface area contributed by atoms with Gasteiger partial charge in [-0.25, -0.2) is 0 Å². The highest BCUT2D eigenvalue weighted by Crippen LogP contribution is 2.33. The molecule has 1 aromatic heterocycles. The number of hydrogen-bond donors (Lipinski definition) is 0. The van der Waals surface area contributed by atoms with Gasteiger partial charge in [-0.1, -0.05) is 29.3 Å². The lowest BCUT2D eigenvalue weighted by Crippen LogP contribution is -2.46. The molecular weight excluding hydrogens is 525 g/mol. The first kappa shape index (κ1) is 28.3. The first-order valence-corrected chi connectivity index (χ1v) is 13.7. The van der Waals surface area contributed by atoms with E-state index in [4.69, 9.17) is 32.7 Å². The van der Waals surface area contributed by atoms with E-state index in [0.29, 0.717) is 27.9 Å². The summed E-state index contributed by atoms with van der Waals surface area (Å²) in [6.07, 6.45) is 1.95. The Kier molecular flexibility index (Phi) is 9.23. The SMILES string of the molecule is CC(C)(C)C(=O)OCn1c(=O)ccc2ccc(OCCCCN3CCN(c4cccc(Cl)c4Cl)CC3)cc21. The highest BCUT2D eigenvalue weighted by Gasteiger charge is 2.23. The van der Waals surface area contributed by atoms with Crippen molar-refractivity contribution in [3.63, 3.8) is 0 Å². The number of esters is 1. The molecule has 1 aliphatic rings. The van der Waals surface area contributed by atoms with Gasteiger partial charge in [-0.15, -0.1) is 0 Å². The number of aromatic nitrogens is 1. The topological polar surface area (TPSA) is 64.0 Å². The number of carbonyl (C=O) groups is 1. The van der Waals surface area contributed by atoms with Crippen LogP contribution in [0.3, 0.4) is 0 Å². The minimum absolute atomic E-state index is 0.132. The Labute approximate surface area is 233 Å². The van der Waals surface area contributed by atoms with Crippen molar-refractivity contribution in [2.45, 2.75) is 40.3 Å². The maximum absolute atomic E-state index is 12.5. The molecule has 0 saturated carbocycles. The van der Waals surface area contributed by atoms with Crippen molar-refractivity contribution in [3.8, 4) is 5.75 Å². The predicted octanol–water partition coefficient (Wildman–Crippen LogP) is 5.84. The van der Waals surface area contributed by atoms with Gasteiger partial charge in [-0.2, -0.15) is 0 Å². The van der Waals surface area contributed by atoms with Crippen LogP contribution in [0.1, 0.15) is 33.6 Å². The summed E-state index contributed by atoms with van der Waals surface area (Å²) in [5, 5.41) is 2.09. The van der Waals surface area contributed by atoms with E-state index in [0.717, 1.165) is 56.6 Å². The molecule has 4 rings (SSSR count). The number of piperazine rings is 1. The van der Waals surface area contributed by atoms with Crippen molar-refractivity contribution < 1.29 is 14.3 Å². The molecule has 0 unspecified atom stereocenters. The largest absolute Gasteiger partial charge is 0.494 e. The monoisotopic (exact) mass is 559 g/mol. The minimum Gasteiger partial charge on any atom is -0.494 e. The van der Waals surface area contributed by atoms with Crippen molar-refractivity contribution >= 4 is 45.8 Å². The van der Waals surface area contributed by atoms with Crippen molar-refractivity contribution in [1.82, 2.24) is 9.47 Å². The number of benzene rings is 2. The van der Waals surface area contributed by atoms with E-state index in [1.807, 2.05) is 36.4 Å². The fraction of sp³-hybridized carbons (Fsp3) is 0.448. The molecule has 0 spiro atoms. The summed E-state index contributed by atoms with van der Waals surface area (Å²) in [6.45, 7) is 10.6. The number of fused-ring (bicyclic) bond motifs is 1. The number of nitrogens with zero attached hydrogens (tertiary/aromatic N) is 3. The molecule has 0 atom stereocenters. The number of hydrogen-bond acceptors (Lipinski definition) is 6. The molecule has 1 aliphatic heterocycles. The zero-order chi connectivity index (χ0) is 27.3. The van der Waals surface area contributed by atoms with Crippen molar-refractivity contribution in [2.24, 2.45) is 5.41 Å². The zero-order valence-corrected chi connectivity index (χ0v) is 23.7. The Morgan fingerprint density at radius 2 is 1.71 bits per heavy atom. The average molecular weight is 561 g/mol. The highest BCUT2D eigenvalue weighted by molar-refractivity contribution is 6.43. The van der Waals surface area contributed by atoms with Gasteiger partial charge in [0.25, 0.3) is 5.56 Å². The molecule has 204 valence electrons. The molecule has 0 amide bonds. The number of halogens is 2. The van der Waals surface area contributed by atoms with Gasteiger partial charge in [0.1, 0.15) is 5.75 Å². The van der Waals surface area contributed by atoms with E-state index in [2.05, 4.69) is 9.80 Å². The lowest BCUT2D eigenvalue weighted by Gasteiger charge is -2.36. The van der Waals surface area contributed by atoms with Gasteiger partial charge in [-0.3, -0.25) is 19.1 Å². The van der Waals surface area contributed by atoms with Crippen LogP contribution in [0.5, 0.6) is 5.75 Å². The Hall–Kier alpha value is -2.74. The van der Waals surface area contributed by atoms with E-state index in [9.17, 15) is 9.59 Å². The van der Waals surface area contributed by atoms with Gasteiger partial charge >= 0.3 is 5.97 Å². The lowest BCUT2D eigenvalue weighted by molar-refractivity contribution is -0.156. The molecule has 38 heavy (non-hydrogen) atoms. The van der Waals surface area contributed by atoms with E-state index in [1.54, 1.807) is 26.8 Å². The van der Waals surface area contributed by atoms with Gasteiger partial charge in [-0.05, 0) is 75.9 Å². The number of anilines is 1. The second-order valence-corrected chi connectivity index (χ2v) is 11.4. The Morgan fingerprint density at radius 3 is 2.45 bits per heavy atom. The molecule has 1 saturated heterocycles. The molecule has 0 radical (unpaired) electrons. The van der Waals surface area contributed by atoms with Crippen molar-refractivity contribution in [3.05, 3.63) is 68.9 Å². The molecule has 2 aromatic carbocycles. The number of rotatable bonds is 9. The first-order chi connectivity index (χ1) is 18.1. The second kappa shape index (κ2) is 12.4. The summed E-state index contributed by atoms with van der Waals surface area (Å²) < 4.78 is 12.9. The van der Waals surface area contributed by atoms with Crippen LogP contribution in [0.25, 0.3) is 10.9 Å². The van der Waals surface area contributed by atoms with Crippen LogP contribution in [0, 0.1) is 5.41 Å². The fourth-order valence-corrected chi connectivity index (χ4v) is 4.82. The Balaban J connectivity index is 1.25. The van der Waals surface area contributed by atoms with E-state index < -0.39 is 5.41 Å². The molecule has 0 N–H and O–H groups in total. The summed E-state index contributed by atoms with van der Waals surface area (Å²) in [4.78, 5) is 29.4. The van der Waals surface area contributed by atoms with Crippen LogP contribution in [0.2, 0.25) is 10.0 Å². The van der Waals surface area contributed by atoms with Gasteiger partial charge in [0.05, 0.1) is 33.3 Å². The van der Waals surface area contributed by atoms with Crippen LogP contribution < -0.4 is 15.2 Å². The summed E-state index contributed by atoms with van der Waals surface area (Å²) in [6, 6.07) is 14.7. The number of ether oxygens (including phenoxy) is 2. The van der Waals surface area contributed by atoms with Crippen LogP contribution in [0.15, 0.2) is 53.3 Å². The molecule has 0 aliphatic carbocycles. The Bertz CT molecular complexity index is 1330. The van der Waals surface area contributed by atoms with E-state index >= 15 is 0 Å². The van der Waals surface area contributed by atoms with E-state index in [1.165, 1.54) is 10.6 Å². The second-order valence-electron chi connectivity index (χ2n) is 10.6. The molecule has 9 heteroatoms. The molecule has 2 heterocycles. The predicted molar refractivity (Wildman–Crippen MR) is 154 cm³/mol. The molecule has 7 nitrogen and oxygen atoms in total. The van der Waals surface area contributed by atoms with Crippen LogP contribution in [-0.4, -0.2) is 54.8 Å². The normalized spacial score (nSPS) is 14.6. The fourth-order valence-electron chi connectivity index (χ4n) is 4.41. The van der Waals surface area contributed by atoms with Crippen molar-refractivity contribution in [2.75, 3.05) is 44.2 Å². The summed E-state index contributed by atoms with van der Waals surface area (Å²) in [5.74, 6) is 0.328. The van der Waals surface area contributed by atoms with Crippen molar-refractivity contribution in [1.29, 1.82) is 0 Å². The maximum Gasteiger partial charge on any atom is 0.312 e. The van der Waals surface area contributed by atoms with Crippen LogP contribution >= 0.6 is 23.2 Å². The zero-order valence-electron chi connectivity index (χ0n) is 22.2. The number of carbonyl (C=O) groups excluding carboxylic acids is 1. The summed E-state index contributed by atoms with van der Waals surface area (Å²) in [5.41, 5.74) is 0.809. The highest BCUT2D eigenvalue weighted by atomic mass is 35.5. The average Bonchev–Trinajstić information content (AvgIpc) is 2.89. The van der Waals surface area contributed by atoms with Gasteiger partial charge in [0, 0.05) is 38.3 Å². The molecule has 0 bridgehead atoms. The summed E-state index contributed by atoms with van der Waals surface area (Å²) >= 11 is 12.6. The third-order valence-corrected chi connectivity index (χ3v) is 7.49. The third-order valence-electron chi connectivity index (χ3n) is 6.68. The van der Waals surface area contributed by atoms with Gasteiger partial charge in [0.2, 0.25) is 0 Å². The first-order valence-electron chi connectivity index (χ1n) is 13.0.